The van der Waals surface area contributed by atoms with Crippen LogP contribution in [0.1, 0.15) is 25.7 Å². The second kappa shape index (κ2) is 1.72. The molecule has 1 saturated heterocycles. The summed E-state index contributed by atoms with van der Waals surface area (Å²) in [7, 11) is 0. The maximum atomic E-state index is 10.9. The van der Waals surface area contributed by atoms with E-state index in [4.69, 9.17) is 4.74 Å². The van der Waals surface area contributed by atoms with Crippen molar-refractivity contribution in [1.29, 1.82) is 0 Å². The Labute approximate surface area is 59.0 Å². The van der Waals surface area contributed by atoms with Gasteiger partial charge in [-0.15, -0.1) is 0 Å². The van der Waals surface area contributed by atoms with Crippen LogP contribution in [0, 0.1) is 0 Å². The fourth-order valence-electron chi connectivity index (χ4n) is 1.75. The van der Waals surface area contributed by atoms with E-state index in [1.54, 1.807) is 0 Å². The molecule has 2 aliphatic rings. The zero-order valence-corrected chi connectivity index (χ0v) is 5.67. The molecule has 2 unspecified atom stereocenters. The first-order valence-electron chi connectivity index (χ1n) is 3.64. The first-order valence-corrected chi connectivity index (χ1v) is 3.64. The maximum absolute atomic E-state index is 10.9. The largest absolute Gasteiger partial charge is 0.460 e. The third-order valence-electron chi connectivity index (χ3n) is 2.34. The number of rotatable bonds is 0. The van der Waals surface area contributed by atoms with Crippen LogP contribution in [0.3, 0.4) is 0 Å². The molecular formula is C7H10O3. The Kier molecular flexibility index (Phi) is 1.06. The lowest BCUT2D eigenvalue weighted by atomic mass is 9.86. The highest BCUT2D eigenvalue weighted by molar-refractivity contribution is 5.81. The molecule has 0 radical (unpaired) electrons. The lowest BCUT2D eigenvalue weighted by Gasteiger charge is -2.20. The minimum atomic E-state index is -1.11. The molecule has 0 aromatic rings. The van der Waals surface area contributed by atoms with Crippen LogP contribution >= 0.6 is 0 Å². The molecule has 2 atom stereocenters. The van der Waals surface area contributed by atoms with Gasteiger partial charge in [0.15, 0.2) is 5.60 Å². The van der Waals surface area contributed by atoms with E-state index >= 15 is 0 Å². The van der Waals surface area contributed by atoms with Gasteiger partial charge in [-0.2, -0.15) is 0 Å². The SMILES string of the molecule is O=C1OC2CCCC1(O)C2. The van der Waals surface area contributed by atoms with Crippen LogP contribution in [0.2, 0.25) is 0 Å². The van der Waals surface area contributed by atoms with Crippen molar-refractivity contribution in [2.45, 2.75) is 37.4 Å². The minimum Gasteiger partial charge on any atom is -0.460 e. The fraction of sp³-hybridized carbons (Fsp3) is 0.857. The molecule has 0 amide bonds. The van der Waals surface area contributed by atoms with Gasteiger partial charge in [-0.05, 0) is 19.3 Å². The highest BCUT2D eigenvalue weighted by atomic mass is 16.6. The number of hydrogen-bond acceptors (Lipinski definition) is 3. The van der Waals surface area contributed by atoms with Crippen LogP contribution in [-0.4, -0.2) is 22.8 Å². The second-order valence-electron chi connectivity index (χ2n) is 3.16. The summed E-state index contributed by atoms with van der Waals surface area (Å²) in [6.45, 7) is 0. The molecule has 2 fully saturated rings. The van der Waals surface area contributed by atoms with Gasteiger partial charge in [-0.1, -0.05) is 0 Å². The van der Waals surface area contributed by atoms with Gasteiger partial charge in [-0.25, -0.2) is 4.79 Å². The van der Waals surface area contributed by atoms with Crippen LogP contribution in [0.15, 0.2) is 0 Å². The summed E-state index contributed by atoms with van der Waals surface area (Å²) in [6.07, 6.45) is 2.95. The van der Waals surface area contributed by atoms with Crippen molar-refractivity contribution in [3.05, 3.63) is 0 Å². The summed E-state index contributed by atoms with van der Waals surface area (Å²) in [6, 6.07) is 0. The van der Waals surface area contributed by atoms with E-state index in [0.29, 0.717) is 12.8 Å². The van der Waals surface area contributed by atoms with Gasteiger partial charge >= 0.3 is 5.97 Å². The second-order valence-corrected chi connectivity index (χ2v) is 3.16. The van der Waals surface area contributed by atoms with Crippen molar-refractivity contribution in [2.24, 2.45) is 0 Å². The molecule has 2 bridgehead atoms. The molecule has 1 aliphatic carbocycles. The van der Waals surface area contributed by atoms with Gasteiger partial charge in [0.1, 0.15) is 6.10 Å². The summed E-state index contributed by atoms with van der Waals surface area (Å²) >= 11 is 0. The maximum Gasteiger partial charge on any atom is 0.338 e. The van der Waals surface area contributed by atoms with Gasteiger partial charge in [0.25, 0.3) is 0 Å². The quantitative estimate of drug-likeness (QED) is 0.492. The Morgan fingerprint density at radius 1 is 1.70 bits per heavy atom. The van der Waals surface area contributed by atoms with E-state index in [-0.39, 0.29) is 6.10 Å². The summed E-state index contributed by atoms with van der Waals surface area (Å²) < 4.78 is 4.90. The monoisotopic (exact) mass is 142 g/mol. The van der Waals surface area contributed by atoms with Crippen molar-refractivity contribution in [2.75, 3.05) is 0 Å². The minimum absolute atomic E-state index is 0.00579. The van der Waals surface area contributed by atoms with Crippen LogP contribution in [0.25, 0.3) is 0 Å². The molecule has 0 aromatic heterocycles. The van der Waals surface area contributed by atoms with Crippen molar-refractivity contribution in [3.63, 3.8) is 0 Å². The highest BCUT2D eigenvalue weighted by Crippen LogP contribution is 2.37. The number of esters is 1. The smallest absolute Gasteiger partial charge is 0.338 e. The first-order chi connectivity index (χ1) is 4.71. The molecule has 0 spiro atoms. The Morgan fingerprint density at radius 3 is 3.10 bits per heavy atom. The van der Waals surface area contributed by atoms with Gasteiger partial charge in [0, 0.05) is 6.42 Å². The number of ether oxygens (including phenoxy) is 1. The Hall–Kier alpha value is -0.570. The van der Waals surface area contributed by atoms with Crippen molar-refractivity contribution < 1.29 is 14.6 Å². The third kappa shape index (κ3) is 0.669. The summed E-state index contributed by atoms with van der Waals surface area (Å²) in [4.78, 5) is 10.9. The van der Waals surface area contributed by atoms with Crippen molar-refractivity contribution in [1.82, 2.24) is 0 Å². The molecule has 10 heavy (non-hydrogen) atoms. The van der Waals surface area contributed by atoms with Crippen molar-refractivity contribution in [3.8, 4) is 0 Å². The lowest BCUT2D eigenvalue weighted by molar-refractivity contribution is -0.153. The van der Waals surface area contributed by atoms with Crippen LogP contribution in [0.4, 0.5) is 0 Å². The van der Waals surface area contributed by atoms with E-state index in [0.717, 1.165) is 12.8 Å². The van der Waals surface area contributed by atoms with E-state index < -0.39 is 11.6 Å². The lowest BCUT2D eigenvalue weighted by Crippen LogP contribution is -2.35. The van der Waals surface area contributed by atoms with Crippen molar-refractivity contribution >= 4 is 5.97 Å². The molecule has 3 nitrogen and oxygen atoms in total. The molecule has 1 aliphatic heterocycles. The van der Waals surface area contributed by atoms with E-state index in [9.17, 15) is 9.90 Å². The number of hydrogen-bond donors (Lipinski definition) is 1. The number of aliphatic hydroxyl groups is 1. The number of carbonyl (C=O) groups excluding carboxylic acids is 1. The zero-order chi connectivity index (χ0) is 7.19. The molecule has 1 N–H and O–H groups in total. The number of carbonyl (C=O) groups is 1. The zero-order valence-electron chi connectivity index (χ0n) is 5.67. The predicted molar refractivity (Wildman–Crippen MR) is 33.3 cm³/mol. The topological polar surface area (TPSA) is 46.5 Å². The molecule has 56 valence electrons. The Bertz CT molecular complexity index is 178. The highest BCUT2D eigenvalue weighted by Gasteiger charge is 2.49. The van der Waals surface area contributed by atoms with E-state index in [2.05, 4.69) is 0 Å². The normalized spacial score (nSPS) is 45.3. The average molecular weight is 142 g/mol. The van der Waals surface area contributed by atoms with Crippen LogP contribution < -0.4 is 0 Å². The van der Waals surface area contributed by atoms with Gasteiger partial charge < -0.3 is 9.84 Å². The van der Waals surface area contributed by atoms with Gasteiger partial charge in [-0.3, -0.25) is 0 Å². The Balaban J connectivity index is 2.26. The van der Waals surface area contributed by atoms with Crippen LogP contribution in [-0.2, 0) is 9.53 Å². The van der Waals surface area contributed by atoms with E-state index in [1.807, 2.05) is 0 Å². The summed E-state index contributed by atoms with van der Waals surface area (Å²) in [5.41, 5.74) is -1.11. The average Bonchev–Trinajstić information content (AvgIpc) is 2.04. The summed E-state index contributed by atoms with van der Waals surface area (Å²) in [5.74, 6) is -0.407. The molecule has 1 saturated carbocycles. The third-order valence-corrected chi connectivity index (χ3v) is 2.34. The summed E-state index contributed by atoms with van der Waals surface area (Å²) in [5, 5.41) is 9.52. The first kappa shape index (κ1) is 6.16. The molecule has 2 rings (SSSR count). The van der Waals surface area contributed by atoms with E-state index in [1.165, 1.54) is 0 Å². The predicted octanol–water partition coefficient (Wildman–Crippen LogP) is 0.217. The van der Waals surface area contributed by atoms with Crippen LogP contribution in [0.5, 0.6) is 0 Å². The molecule has 3 heteroatoms. The molecule has 1 heterocycles. The van der Waals surface area contributed by atoms with Gasteiger partial charge in [0.2, 0.25) is 0 Å². The molecular weight excluding hydrogens is 132 g/mol. The van der Waals surface area contributed by atoms with Gasteiger partial charge in [0.05, 0.1) is 0 Å². The Morgan fingerprint density at radius 2 is 2.50 bits per heavy atom. The standard InChI is InChI=1S/C7H10O3/c8-6-7(9)3-1-2-5(4-7)10-6/h5,9H,1-4H2. The molecule has 0 aromatic carbocycles. The fourth-order valence-corrected chi connectivity index (χ4v) is 1.75. The number of fused-ring (bicyclic) bond motifs is 2.